The summed E-state index contributed by atoms with van der Waals surface area (Å²) in [4.78, 5) is 14.1. The first kappa shape index (κ1) is 26.4. The van der Waals surface area contributed by atoms with E-state index in [1.54, 1.807) is 7.11 Å². The average molecular weight is 535 g/mol. The normalized spacial score (nSPS) is 16.6. The fourth-order valence-corrected chi connectivity index (χ4v) is 5.71. The van der Waals surface area contributed by atoms with Crippen LogP contribution in [0.2, 0.25) is 0 Å². The van der Waals surface area contributed by atoms with Crippen molar-refractivity contribution in [2.75, 3.05) is 32.4 Å². The highest BCUT2D eigenvalue weighted by molar-refractivity contribution is 7.83. The van der Waals surface area contributed by atoms with Crippen LogP contribution >= 0.6 is 0 Å². The molecule has 1 saturated carbocycles. The summed E-state index contributed by atoms with van der Waals surface area (Å²) in [6.07, 6.45) is 3.58. The largest absolute Gasteiger partial charge is 0.454 e. The Morgan fingerprint density at radius 3 is 2.58 bits per heavy atom. The molecule has 1 fully saturated rings. The number of methoxy groups -OCH3 is 1. The second-order valence-corrected chi connectivity index (χ2v) is 11.4. The Balaban J connectivity index is 1.19. The zero-order valence-corrected chi connectivity index (χ0v) is 22.6. The molecule has 3 aromatic carbocycles. The molecule has 2 aliphatic rings. The first-order valence-electron chi connectivity index (χ1n) is 13.0. The van der Waals surface area contributed by atoms with Crippen LogP contribution < -0.4 is 19.5 Å². The Bertz CT molecular complexity index is 1310. The van der Waals surface area contributed by atoms with Crippen LogP contribution in [0.3, 0.4) is 0 Å². The van der Waals surface area contributed by atoms with Gasteiger partial charge in [-0.25, -0.2) is 8.93 Å². The van der Waals surface area contributed by atoms with Crippen molar-refractivity contribution in [3.05, 3.63) is 72.3 Å². The molecule has 1 amide bonds. The van der Waals surface area contributed by atoms with Crippen molar-refractivity contribution in [3.8, 4) is 22.6 Å². The lowest BCUT2D eigenvalue weighted by atomic mass is 9.94. The van der Waals surface area contributed by atoms with E-state index in [1.807, 2.05) is 66.7 Å². The van der Waals surface area contributed by atoms with Gasteiger partial charge in [0.05, 0.1) is 10.3 Å². The maximum absolute atomic E-state index is 13.3. The van der Waals surface area contributed by atoms with Gasteiger partial charge >= 0.3 is 0 Å². The lowest BCUT2D eigenvalue weighted by Gasteiger charge is -2.17. The number of nitrogens with one attached hydrogen (secondary N) is 2. The van der Waals surface area contributed by atoms with Gasteiger partial charge in [-0.3, -0.25) is 4.79 Å². The molecule has 8 heteroatoms. The second kappa shape index (κ2) is 11.7. The molecule has 2 N–H and O–H groups in total. The molecule has 38 heavy (non-hydrogen) atoms. The van der Waals surface area contributed by atoms with Gasteiger partial charge in [0.25, 0.3) is 0 Å². The predicted molar refractivity (Wildman–Crippen MR) is 149 cm³/mol. The molecule has 0 aromatic heterocycles. The van der Waals surface area contributed by atoms with Crippen LogP contribution in [0.4, 0.5) is 5.69 Å². The summed E-state index contributed by atoms with van der Waals surface area (Å²) in [7, 11) is 0.459. The number of amides is 1. The minimum absolute atomic E-state index is 0.0121. The Kier molecular flexibility index (Phi) is 8.12. The zero-order chi connectivity index (χ0) is 26.5. The van der Waals surface area contributed by atoms with Crippen LogP contribution in [0.5, 0.6) is 11.5 Å². The van der Waals surface area contributed by atoms with Crippen molar-refractivity contribution in [2.24, 2.45) is 5.92 Å². The predicted octanol–water partition coefficient (Wildman–Crippen LogP) is 5.43. The lowest BCUT2D eigenvalue weighted by Crippen LogP contribution is -2.27. The minimum atomic E-state index is -1.26. The third kappa shape index (κ3) is 5.93. The molecule has 0 spiro atoms. The van der Waals surface area contributed by atoms with Gasteiger partial charge in [0.15, 0.2) is 11.5 Å². The number of fused-ring (bicyclic) bond motifs is 1. The number of hydrogen-bond donors (Lipinski definition) is 2. The van der Waals surface area contributed by atoms with E-state index in [-0.39, 0.29) is 12.7 Å². The number of benzene rings is 3. The van der Waals surface area contributed by atoms with E-state index in [1.165, 1.54) is 0 Å². The molecule has 5 rings (SSSR count). The molecule has 7 nitrogen and oxygen atoms in total. The molecule has 0 bridgehead atoms. The molecule has 1 heterocycles. The maximum Gasteiger partial charge on any atom is 0.235 e. The van der Waals surface area contributed by atoms with Gasteiger partial charge in [-0.05, 0) is 84.7 Å². The Labute approximate surface area is 226 Å². The van der Waals surface area contributed by atoms with Crippen molar-refractivity contribution >= 4 is 22.6 Å². The summed E-state index contributed by atoms with van der Waals surface area (Å²) >= 11 is 0. The van der Waals surface area contributed by atoms with E-state index >= 15 is 0 Å². The van der Waals surface area contributed by atoms with Crippen LogP contribution in [0.1, 0.15) is 38.2 Å². The van der Waals surface area contributed by atoms with E-state index in [4.69, 9.17) is 14.2 Å². The number of ether oxygens (including phenoxy) is 3. The van der Waals surface area contributed by atoms with Crippen molar-refractivity contribution < 1.29 is 23.2 Å². The van der Waals surface area contributed by atoms with Crippen LogP contribution in [0, 0.1) is 5.92 Å². The number of anilines is 1. The Morgan fingerprint density at radius 2 is 1.82 bits per heavy atom. The number of hydrogen-bond acceptors (Lipinski definition) is 5. The maximum atomic E-state index is 13.3. The number of carbonyl (C=O) groups excluding carboxylic acids is 1. The van der Waals surface area contributed by atoms with Crippen LogP contribution in [0.15, 0.2) is 71.6 Å². The first-order valence-corrected chi connectivity index (χ1v) is 14.2. The molecular weight excluding hydrogens is 500 g/mol. The summed E-state index contributed by atoms with van der Waals surface area (Å²) in [5.41, 5.74) is 3.14. The smallest absolute Gasteiger partial charge is 0.235 e. The van der Waals surface area contributed by atoms with Crippen LogP contribution in [-0.4, -0.2) is 37.2 Å². The standard InChI is InChI=1S/C30H34N2O5S/c1-21(19-35-2)5-4-16-31-38(34)26-11-8-22(9-12-26)23-6-3-7-25(17-23)32-29(33)30(14-15-30)24-10-13-27-28(18-24)37-20-36-27/h3,6-13,17-18,21,31H,4-5,14-16,19-20H2,1-2H3,(H,32,33)/t21-,38?/m1/s1. The minimum Gasteiger partial charge on any atom is -0.454 e. The van der Waals surface area contributed by atoms with Gasteiger partial charge in [0, 0.05) is 25.9 Å². The van der Waals surface area contributed by atoms with Crippen LogP contribution in [0.25, 0.3) is 11.1 Å². The summed E-state index contributed by atoms with van der Waals surface area (Å²) in [6, 6.07) is 21.3. The molecule has 0 radical (unpaired) electrons. The summed E-state index contributed by atoms with van der Waals surface area (Å²) in [6.45, 7) is 3.81. The number of carbonyl (C=O) groups is 1. The number of rotatable bonds is 12. The average Bonchev–Trinajstić information content (AvgIpc) is 3.62. The monoisotopic (exact) mass is 534 g/mol. The van der Waals surface area contributed by atoms with Gasteiger partial charge in [-0.2, -0.15) is 0 Å². The lowest BCUT2D eigenvalue weighted by molar-refractivity contribution is -0.118. The van der Waals surface area contributed by atoms with E-state index < -0.39 is 16.4 Å². The van der Waals surface area contributed by atoms with E-state index in [2.05, 4.69) is 17.0 Å². The molecule has 1 aliphatic carbocycles. The van der Waals surface area contributed by atoms with Crippen molar-refractivity contribution in [2.45, 2.75) is 42.9 Å². The highest BCUT2D eigenvalue weighted by atomic mass is 32.2. The van der Waals surface area contributed by atoms with Gasteiger partial charge in [0.1, 0.15) is 11.0 Å². The topological polar surface area (TPSA) is 85.9 Å². The van der Waals surface area contributed by atoms with Crippen molar-refractivity contribution in [1.82, 2.24) is 4.72 Å². The molecule has 2 atom stereocenters. The Hall–Kier alpha value is -3.20. The molecule has 3 aromatic rings. The SMILES string of the molecule is COC[C@H](C)CCCNS(=O)c1ccc(-c2cccc(NC(=O)C3(c4ccc5c(c4)OCO5)CC3)c2)cc1. The quantitative estimate of drug-likeness (QED) is 0.303. The fraction of sp³-hybridized carbons (Fsp3) is 0.367. The van der Waals surface area contributed by atoms with Gasteiger partial charge in [-0.1, -0.05) is 37.3 Å². The van der Waals surface area contributed by atoms with E-state index in [0.29, 0.717) is 18.2 Å². The third-order valence-corrected chi connectivity index (χ3v) is 8.36. The fourth-order valence-electron chi connectivity index (χ4n) is 4.83. The molecule has 1 unspecified atom stereocenters. The van der Waals surface area contributed by atoms with Crippen LogP contribution in [-0.2, 0) is 25.9 Å². The van der Waals surface area contributed by atoms with Gasteiger partial charge in [-0.15, -0.1) is 0 Å². The van der Waals surface area contributed by atoms with Crippen molar-refractivity contribution in [3.63, 3.8) is 0 Å². The van der Waals surface area contributed by atoms with Gasteiger partial charge in [0.2, 0.25) is 12.7 Å². The first-order chi connectivity index (χ1) is 18.5. The second-order valence-electron chi connectivity index (χ2n) is 10.1. The molecule has 1 aliphatic heterocycles. The summed E-state index contributed by atoms with van der Waals surface area (Å²) in [5, 5.41) is 3.12. The highest BCUT2D eigenvalue weighted by Gasteiger charge is 2.51. The zero-order valence-electron chi connectivity index (χ0n) is 21.8. The molecular formula is C30H34N2O5S. The third-order valence-electron chi connectivity index (χ3n) is 7.19. The highest BCUT2D eigenvalue weighted by Crippen LogP contribution is 2.51. The van der Waals surface area contributed by atoms with E-state index in [0.717, 1.165) is 65.3 Å². The molecule has 200 valence electrons. The summed E-state index contributed by atoms with van der Waals surface area (Å²) in [5.74, 6) is 1.89. The summed E-state index contributed by atoms with van der Waals surface area (Å²) < 4.78 is 31.8. The Morgan fingerprint density at radius 1 is 1.03 bits per heavy atom. The van der Waals surface area contributed by atoms with E-state index in [9.17, 15) is 9.00 Å². The van der Waals surface area contributed by atoms with Crippen molar-refractivity contribution in [1.29, 1.82) is 0 Å². The molecule has 0 saturated heterocycles. The van der Waals surface area contributed by atoms with Gasteiger partial charge < -0.3 is 19.5 Å².